The first-order valence-electron chi connectivity index (χ1n) is 6.70. The van der Waals surface area contributed by atoms with E-state index in [1.165, 1.54) is 0 Å². The van der Waals surface area contributed by atoms with Crippen molar-refractivity contribution in [3.05, 3.63) is 35.7 Å². The summed E-state index contributed by atoms with van der Waals surface area (Å²) >= 11 is 1.63. The maximum absolute atomic E-state index is 10.8. The summed E-state index contributed by atoms with van der Waals surface area (Å²) in [6, 6.07) is 10.1. The molecule has 0 radical (unpaired) electrons. The van der Waals surface area contributed by atoms with Crippen molar-refractivity contribution >= 4 is 22.4 Å². The molecule has 1 aromatic heterocycles. The van der Waals surface area contributed by atoms with Gasteiger partial charge in [-0.15, -0.1) is 11.3 Å². The summed E-state index contributed by atoms with van der Waals surface area (Å²) in [6.45, 7) is 1.70. The molecule has 1 fully saturated rings. The summed E-state index contributed by atoms with van der Waals surface area (Å²) < 4.78 is 0. The van der Waals surface area contributed by atoms with Crippen LogP contribution in [0.1, 0.15) is 12.8 Å². The molecule has 0 bridgehead atoms. The minimum atomic E-state index is -0.707. The number of nitrogens with zero attached hydrogens (tertiary/aromatic N) is 2. The van der Waals surface area contributed by atoms with Gasteiger partial charge in [-0.1, -0.05) is 30.3 Å². The lowest BCUT2D eigenvalue weighted by Gasteiger charge is -2.14. The third-order valence-electron chi connectivity index (χ3n) is 3.58. The summed E-state index contributed by atoms with van der Waals surface area (Å²) in [5, 5.41) is 11.9. The van der Waals surface area contributed by atoms with E-state index in [0.717, 1.165) is 35.9 Å². The van der Waals surface area contributed by atoms with Crippen LogP contribution in [0, 0.1) is 5.92 Å². The number of thiazole rings is 1. The Morgan fingerprint density at radius 3 is 2.95 bits per heavy atom. The Balaban J connectivity index is 1.70. The van der Waals surface area contributed by atoms with E-state index in [0.29, 0.717) is 0 Å². The van der Waals surface area contributed by atoms with Gasteiger partial charge in [-0.3, -0.25) is 4.79 Å². The number of aliphatic carboxylic acids is 1. The summed E-state index contributed by atoms with van der Waals surface area (Å²) in [4.78, 5) is 17.6. The number of aromatic nitrogens is 1. The van der Waals surface area contributed by atoms with Gasteiger partial charge in [0.1, 0.15) is 0 Å². The van der Waals surface area contributed by atoms with Gasteiger partial charge in [-0.2, -0.15) is 0 Å². The molecule has 1 N–H and O–H groups in total. The van der Waals surface area contributed by atoms with Crippen LogP contribution in [-0.2, 0) is 4.79 Å². The average molecular weight is 288 g/mol. The smallest absolute Gasteiger partial charge is 0.303 e. The minimum absolute atomic E-state index is 0.247. The first kappa shape index (κ1) is 13.1. The van der Waals surface area contributed by atoms with Crippen LogP contribution in [0.3, 0.4) is 0 Å². The quantitative estimate of drug-likeness (QED) is 0.939. The third kappa shape index (κ3) is 2.82. The molecule has 1 saturated heterocycles. The molecule has 1 aromatic carbocycles. The number of carbonyl (C=O) groups is 1. The lowest BCUT2D eigenvalue weighted by molar-refractivity contribution is -0.137. The molecule has 0 saturated carbocycles. The fourth-order valence-electron chi connectivity index (χ4n) is 2.57. The van der Waals surface area contributed by atoms with Crippen molar-refractivity contribution in [2.24, 2.45) is 5.92 Å². The van der Waals surface area contributed by atoms with Crippen LogP contribution in [0.15, 0.2) is 35.7 Å². The number of carboxylic acid groups (broad SMARTS) is 1. The molecule has 104 valence electrons. The molecule has 1 aliphatic heterocycles. The van der Waals surface area contributed by atoms with Crippen molar-refractivity contribution in [3.8, 4) is 11.3 Å². The highest BCUT2D eigenvalue weighted by Gasteiger charge is 2.26. The lowest BCUT2D eigenvalue weighted by atomic mass is 10.1. The van der Waals surface area contributed by atoms with Crippen LogP contribution in [0.5, 0.6) is 0 Å². The second kappa shape index (κ2) is 5.63. The molecule has 2 heterocycles. The Bertz CT molecular complexity index is 597. The topological polar surface area (TPSA) is 53.4 Å². The maximum Gasteiger partial charge on any atom is 0.303 e. The highest BCUT2D eigenvalue weighted by Crippen LogP contribution is 2.31. The maximum atomic E-state index is 10.8. The van der Waals surface area contributed by atoms with Crippen molar-refractivity contribution < 1.29 is 9.90 Å². The van der Waals surface area contributed by atoms with Crippen molar-refractivity contribution in [1.29, 1.82) is 0 Å². The van der Waals surface area contributed by atoms with E-state index in [4.69, 9.17) is 5.11 Å². The fraction of sp³-hybridized carbons (Fsp3) is 0.333. The molecule has 1 unspecified atom stereocenters. The molecule has 20 heavy (non-hydrogen) atoms. The van der Waals surface area contributed by atoms with Crippen LogP contribution in [0.2, 0.25) is 0 Å². The van der Waals surface area contributed by atoms with E-state index in [-0.39, 0.29) is 12.3 Å². The van der Waals surface area contributed by atoms with E-state index in [2.05, 4.69) is 27.4 Å². The molecular weight excluding hydrogens is 272 g/mol. The van der Waals surface area contributed by atoms with E-state index >= 15 is 0 Å². The minimum Gasteiger partial charge on any atom is -0.481 e. The molecule has 1 atom stereocenters. The Morgan fingerprint density at radius 2 is 2.20 bits per heavy atom. The van der Waals surface area contributed by atoms with Crippen LogP contribution >= 0.6 is 11.3 Å². The summed E-state index contributed by atoms with van der Waals surface area (Å²) in [7, 11) is 0. The van der Waals surface area contributed by atoms with Crippen molar-refractivity contribution in [2.45, 2.75) is 12.8 Å². The van der Waals surface area contributed by atoms with Gasteiger partial charge in [0.05, 0.1) is 5.69 Å². The zero-order valence-corrected chi connectivity index (χ0v) is 11.8. The van der Waals surface area contributed by atoms with Gasteiger partial charge in [0, 0.05) is 30.5 Å². The van der Waals surface area contributed by atoms with Crippen LogP contribution in [0.25, 0.3) is 11.3 Å². The monoisotopic (exact) mass is 288 g/mol. The van der Waals surface area contributed by atoms with Crippen molar-refractivity contribution in [1.82, 2.24) is 4.98 Å². The van der Waals surface area contributed by atoms with Gasteiger partial charge < -0.3 is 10.0 Å². The highest BCUT2D eigenvalue weighted by molar-refractivity contribution is 7.14. The molecule has 0 aliphatic carbocycles. The van der Waals surface area contributed by atoms with Crippen molar-refractivity contribution in [3.63, 3.8) is 0 Å². The molecule has 0 spiro atoms. The van der Waals surface area contributed by atoms with Gasteiger partial charge in [-0.05, 0) is 12.3 Å². The second-order valence-corrected chi connectivity index (χ2v) is 5.92. The molecule has 2 aromatic rings. The summed E-state index contributed by atoms with van der Waals surface area (Å²) in [5.41, 5.74) is 2.11. The van der Waals surface area contributed by atoms with Crippen LogP contribution in [-0.4, -0.2) is 29.1 Å². The average Bonchev–Trinajstić information content (AvgIpc) is 3.07. The number of hydrogen-bond acceptors (Lipinski definition) is 4. The SMILES string of the molecule is O=C(O)CC1CCN(c2nc(-c3ccccc3)cs2)C1. The zero-order valence-electron chi connectivity index (χ0n) is 11.0. The Morgan fingerprint density at radius 1 is 1.40 bits per heavy atom. The number of benzene rings is 1. The number of rotatable bonds is 4. The summed E-state index contributed by atoms with van der Waals surface area (Å²) in [6.07, 6.45) is 1.19. The molecule has 0 amide bonds. The second-order valence-electron chi connectivity index (χ2n) is 5.08. The fourth-order valence-corrected chi connectivity index (χ4v) is 3.44. The standard InChI is InChI=1S/C15H16N2O2S/c18-14(19)8-11-6-7-17(9-11)15-16-13(10-20-15)12-4-2-1-3-5-12/h1-5,10-11H,6-9H2,(H,18,19). The number of hydrogen-bond donors (Lipinski definition) is 1. The van der Waals surface area contributed by atoms with Gasteiger partial charge in [0.25, 0.3) is 0 Å². The van der Waals surface area contributed by atoms with Crippen molar-refractivity contribution in [2.75, 3.05) is 18.0 Å². The molecule has 5 heteroatoms. The Labute approximate surface area is 121 Å². The van der Waals surface area contributed by atoms with Crippen LogP contribution < -0.4 is 4.90 Å². The van der Waals surface area contributed by atoms with Crippen LogP contribution in [0.4, 0.5) is 5.13 Å². The van der Waals surface area contributed by atoms with E-state index in [9.17, 15) is 4.79 Å². The van der Waals surface area contributed by atoms with Gasteiger partial charge in [0.2, 0.25) is 0 Å². The lowest BCUT2D eigenvalue weighted by Crippen LogP contribution is -2.20. The molecule has 4 nitrogen and oxygen atoms in total. The first-order chi connectivity index (χ1) is 9.72. The summed E-state index contributed by atoms with van der Waals surface area (Å²) in [5.74, 6) is -0.461. The molecule has 1 aliphatic rings. The van der Waals surface area contributed by atoms with E-state index in [1.807, 2.05) is 18.2 Å². The van der Waals surface area contributed by atoms with Gasteiger partial charge in [-0.25, -0.2) is 4.98 Å². The number of anilines is 1. The van der Waals surface area contributed by atoms with Gasteiger partial charge >= 0.3 is 5.97 Å². The van der Waals surface area contributed by atoms with E-state index < -0.39 is 5.97 Å². The molecule has 3 rings (SSSR count). The molecular formula is C15H16N2O2S. The van der Waals surface area contributed by atoms with E-state index in [1.54, 1.807) is 11.3 Å². The third-order valence-corrected chi connectivity index (χ3v) is 4.48. The Kier molecular flexibility index (Phi) is 3.69. The zero-order chi connectivity index (χ0) is 13.9. The largest absolute Gasteiger partial charge is 0.481 e. The van der Waals surface area contributed by atoms with Gasteiger partial charge in [0.15, 0.2) is 5.13 Å². The first-order valence-corrected chi connectivity index (χ1v) is 7.58. The normalized spacial score (nSPS) is 18.4. The Hall–Kier alpha value is -1.88. The predicted octanol–water partition coefficient (Wildman–Crippen LogP) is 3.11. The predicted molar refractivity (Wildman–Crippen MR) is 80.1 cm³/mol. The highest BCUT2D eigenvalue weighted by atomic mass is 32.1. The number of carboxylic acids is 1.